The number of nitrogen functional groups attached to an aromatic ring is 1. The molecule has 0 aliphatic heterocycles. The highest BCUT2D eigenvalue weighted by Gasteiger charge is 2.19. The van der Waals surface area contributed by atoms with Gasteiger partial charge in [0.1, 0.15) is 11.5 Å². The van der Waals surface area contributed by atoms with Crippen molar-refractivity contribution in [1.82, 2.24) is 0 Å². The van der Waals surface area contributed by atoms with E-state index >= 15 is 0 Å². The van der Waals surface area contributed by atoms with Gasteiger partial charge in [0.2, 0.25) is 5.91 Å². The number of anilines is 2. The maximum absolute atomic E-state index is 11.9. The van der Waals surface area contributed by atoms with E-state index in [0.29, 0.717) is 17.1 Å². The van der Waals surface area contributed by atoms with E-state index in [4.69, 9.17) is 10.5 Å². The van der Waals surface area contributed by atoms with Gasteiger partial charge in [0.15, 0.2) is 9.84 Å². The largest absolute Gasteiger partial charge is 0.497 e. The number of benzene rings is 1. The van der Waals surface area contributed by atoms with Gasteiger partial charge in [-0.1, -0.05) is 20.3 Å². The van der Waals surface area contributed by atoms with Crippen molar-refractivity contribution in [2.45, 2.75) is 20.3 Å². The van der Waals surface area contributed by atoms with Crippen LogP contribution in [0, 0.1) is 5.92 Å². The van der Waals surface area contributed by atoms with Gasteiger partial charge in [-0.05, 0) is 18.1 Å². The topological polar surface area (TPSA) is 98.5 Å². The van der Waals surface area contributed by atoms with E-state index in [1.54, 1.807) is 18.2 Å². The van der Waals surface area contributed by atoms with Crippen LogP contribution in [-0.4, -0.2) is 32.9 Å². The number of carbonyl (C=O) groups is 1. The van der Waals surface area contributed by atoms with E-state index in [9.17, 15) is 13.2 Å². The molecule has 0 saturated heterocycles. The van der Waals surface area contributed by atoms with Crippen molar-refractivity contribution < 1.29 is 17.9 Å². The lowest BCUT2D eigenvalue weighted by atomic mass is 10.2. The lowest BCUT2D eigenvalue weighted by molar-refractivity contribution is -0.113. The Bertz CT molecular complexity index is 599. The van der Waals surface area contributed by atoms with E-state index in [2.05, 4.69) is 5.32 Å². The third kappa shape index (κ3) is 5.63. The highest BCUT2D eigenvalue weighted by atomic mass is 32.2. The van der Waals surface area contributed by atoms with Crippen LogP contribution in [0.4, 0.5) is 11.4 Å². The third-order valence-corrected chi connectivity index (χ3v) is 4.90. The van der Waals surface area contributed by atoms with Gasteiger partial charge >= 0.3 is 0 Å². The molecule has 1 aromatic carbocycles. The summed E-state index contributed by atoms with van der Waals surface area (Å²) >= 11 is 0. The minimum atomic E-state index is -3.42. The molecule has 1 aromatic rings. The predicted octanol–water partition coefficient (Wildman–Crippen LogP) is 1.68. The van der Waals surface area contributed by atoms with Crippen LogP contribution in [0.3, 0.4) is 0 Å². The Labute approximate surface area is 125 Å². The minimum absolute atomic E-state index is 0.00894. The quantitative estimate of drug-likeness (QED) is 0.746. The Morgan fingerprint density at radius 1 is 1.43 bits per heavy atom. The van der Waals surface area contributed by atoms with Crippen molar-refractivity contribution in [2.24, 2.45) is 5.92 Å². The number of hydrogen-bond donors (Lipinski definition) is 2. The van der Waals surface area contributed by atoms with Crippen LogP contribution in [0.5, 0.6) is 5.75 Å². The number of hydrogen-bond acceptors (Lipinski definition) is 5. The first-order valence-electron chi connectivity index (χ1n) is 6.71. The van der Waals surface area contributed by atoms with Crippen molar-refractivity contribution in [3.8, 4) is 5.75 Å². The lowest BCUT2D eigenvalue weighted by Gasteiger charge is -2.11. The number of amides is 1. The molecular weight excluding hydrogens is 292 g/mol. The number of sulfone groups is 1. The molecule has 7 heteroatoms. The monoisotopic (exact) mass is 314 g/mol. The van der Waals surface area contributed by atoms with Crippen molar-refractivity contribution in [1.29, 1.82) is 0 Å². The van der Waals surface area contributed by atoms with Gasteiger partial charge in [-0.2, -0.15) is 0 Å². The van der Waals surface area contributed by atoms with Crippen molar-refractivity contribution in [3.05, 3.63) is 18.2 Å². The number of rotatable bonds is 7. The molecule has 0 radical (unpaired) electrons. The number of methoxy groups -OCH3 is 1. The first kappa shape index (κ1) is 17.3. The first-order chi connectivity index (χ1) is 9.77. The average Bonchev–Trinajstić information content (AvgIpc) is 2.39. The highest BCUT2D eigenvalue weighted by molar-refractivity contribution is 7.92. The molecule has 118 valence electrons. The Morgan fingerprint density at radius 2 is 2.10 bits per heavy atom. The maximum Gasteiger partial charge on any atom is 0.239 e. The van der Waals surface area contributed by atoms with Gasteiger partial charge in [0.05, 0.1) is 24.2 Å². The number of carbonyl (C=O) groups excluding carboxylic acids is 1. The van der Waals surface area contributed by atoms with Gasteiger partial charge < -0.3 is 15.8 Å². The van der Waals surface area contributed by atoms with Gasteiger partial charge in [-0.25, -0.2) is 8.42 Å². The zero-order valence-electron chi connectivity index (χ0n) is 12.5. The molecule has 6 nitrogen and oxygen atoms in total. The summed E-state index contributed by atoms with van der Waals surface area (Å²) in [4.78, 5) is 11.8. The predicted molar refractivity (Wildman–Crippen MR) is 84.1 cm³/mol. The number of ether oxygens (including phenoxy) is 1. The second-order valence-corrected chi connectivity index (χ2v) is 7.18. The van der Waals surface area contributed by atoms with Crippen molar-refractivity contribution in [2.75, 3.05) is 29.7 Å². The summed E-state index contributed by atoms with van der Waals surface area (Å²) in [6.45, 7) is 3.76. The summed E-state index contributed by atoms with van der Waals surface area (Å²) in [5.74, 6) is -0.517. The second-order valence-electron chi connectivity index (χ2n) is 5.07. The molecule has 1 atom stereocenters. The Balaban J connectivity index is 2.70. The Morgan fingerprint density at radius 3 is 2.62 bits per heavy atom. The summed E-state index contributed by atoms with van der Waals surface area (Å²) in [5.41, 5.74) is 6.46. The third-order valence-electron chi connectivity index (χ3n) is 3.12. The molecule has 0 saturated carbocycles. The molecule has 0 aliphatic rings. The van der Waals surface area contributed by atoms with E-state index in [1.807, 2.05) is 13.8 Å². The standard InChI is InChI=1S/C14H22N2O4S/c1-4-10(2)8-21(18,19)9-14(17)16-13-6-5-11(20-3)7-12(13)15/h5-7,10H,4,8-9,15H2,1-3H3,(H,16,17). The molecule has 1 amide bonds. The van der Waals surface area contributed by atoms with E-state index in [-0.39, 0.29) is 11.7 Å². The van der Waals surface area contributed by atoms with Crippen LogP contribution in [0.15, 0.2) is 18.2 Å². The molecule has 1 rings (SSSR count). The summed E-state index contributed by atoms with van der Waals surface area (Å²) in [6.07, 6.45) is 0.756. The van der Waals surface area contributed by atoms with Crippen LogP contribution in [0.25, 0.3) is 0 Å². The van der Waals surface area contributed by atoms with Gasteiger partial charge in [-0.15, -0.1) is 0 Å². The van der Waals surface area contributed by atoms with E-state index in [1.165, 1.54) is 7.11 Å². The van der Waals surface area contributed by atoms with Gasteiger partial charge in [0, 0.05) is 6.07 Å². The summed E-state index contributed by atoms with van der Waals surface area (Å²) < 4.78 is 28.8. The van der Waals surface area contributed by atoms with Crippen LogP contribution in [-0.2, 0) is 14.6 Å². The number of nitrogens with two attached hydrogens (primary N) is 1. The molecule has 0 heterocycles. The fourth-order valence-corrected chi connectivity index (χ4v) is 3.47. The summed E-state index contributed by atoms with van der Waals surface area (Å²) in [7, 11) is -1.91. The van der Waals surface area contributed by atoms with Crippen molar-refractivity contribution >= 4 is 27.1 Å². The molecule has 0 aliphatic carbocycles. The normalized spacial score (nSPS) is 12.7. The van der Waals surface area contributed by atoms with Crippen LogP contribution in [0.2, 0.25) is 0 Å². The van der Waals surface area contributed by atoms with Crippen LogP contribution < -0.4 is 15.8 Å². The molecule has 0 bridgehead atoms. The first-order valence-corrected chi connectivity index (χ1v) is 8.53. The second kappa shape index (κ2) is 7.31. The summed E-state index contributed by atoms with van der Waals surface area (Å²) in [6, 6.07) is 4.77. The lowest BCUT2D eigenvalue weighted by Crippen LogP contribution is -2.27. The Hall–Kier alpha value is -1.76. The maximum atomic E-state index is 11.9. The fraction of sp³-hybridized carbons (Fsp3) is 0.500. The van der Waals surface area contributed by atoms with Gasteiger partial charge in [0.25, 0.3) is 0 Å². The zero-order valence-corrected chi connectivity index (χ0v) is 13.4. The van der Waals surface area contributed by atoms with Crippen molar-refractivity contribution in [3.63, 3.8) is 0 Å². The van der Waals surface area contributed by atoms with E-state index < -0.39 is 21.5 Å². The summed E-state index contributed by atoms with van der Waals surface area (Å²) in [5, 5.41) is 2.51. The molecule has 0 spiro atoms. The molecule has 0 aromatic heterocycles. The van der Waals surface area contributed by atoms with Crippen LogP contribution in [0.1, 0.15) is 20.3 Å². The SMILES string of the molecule is CCC(C)CS(=O)(=O)CC(=O)Nc1ccc(OC)cc1N. The van der Waals surface area contributed by atoms with Crippen LogP contribution >= 0.6 is 0 Å². The molecule has 21 heavy (non-hydrogen) atoms. The Kier molecular flexibility index (Phi) is 6.02. The molecule has 0 fully saturated rings. The number of nitrogens with one attached hydrogen (secondary N) is 1. The zero-order chi connectivity index (χ0) is 16.0. The van der Waals surface area contributed by atoms with E-state index in [0.717, 1.165) is 6.42 Å². The average molecular weight is 314 g/mol. The molecular formula is C14H22N2O4S. The van der Waals surface area contributed by atoms with Gasteiger partial charge in [-0.3, -0.25) is 4.79 Å². The smallest absolute Gasteiger partial charge is 0.239 e. The minimum Gasteiger partial charge on any atom is -0.497 e. The fourth-order valence-electron chi connectivity index (χ4n) is 1.78. The molecule has 1 unspecified atom stereocenters. The molecule has 3 N–H and O–H groups in total. The highest BCUT2D eigenvalue weighted by Crippen LogP contribution is 2.24.